The molecule has 1 rings (SSSR count). The Morgan fingerprint density at radius 1 is 1.64 bits per heavy atom. The largest absolute Gasteiger partial charge is 0.330 e. The van der Waals surface area contributed by atoms with E-state index in [9.17, 15) is 4.39 Å². The molecule has 0 fully saturated rings. The maximum Gasteiger partial charge on any atom is 0.118 e. The number of hydrogen-bond donors (Lipinski definition) is 1. The number of nitrogens with zero attached hydrogens (tertiary/aromatic N) is 2. The van der Waals surface area contributed by atoms with Gasteiger partial charge >= 0.3 is 0 Å². The number of aromatic nitrogens is 2. The highest BCUT2D eigenvalue weighted by Gasteiger charge is 1.95. The molecule has 0 aliphatic rings. The Kier molecular flexibility index (Phi) is 3.04. The maximum absolute atomic E-state index is 12.0. The van der Waals surface area contributed by atoms with Crippen LogP contribution < -0.4 is 5.73 Å². The molecule has 0 radical (unpaired) electrons. The predicted octanol–water partition coefficient (Wildman–Crippen LogP) is 0.701. The fourth-order valence-corrected chi connectivity index (χ4v) is 0.851. The molecule has 0 spiro atoms. The average Bonchev–Trinajstić information content (AvgIpc) is 2.48. The van der Waals surface area contributed by atoms with Crippen LogP contribution in [-0.2, 0) is 13.2 Å². The van der Waals surface area contributed by atoms with Crippen molar-refractivity contribution in [1.82, 2.24) is 9.78 Å². The van der Waals surface area contributed by atoms with Gasteiger partial charge < -0.3 is 5.73 Å². The minimum Gasteiger partial charge on any atom is -0.330 e. The Labute approximate surface area is 65.0 Å². The molecule has 0 aliphatic carbocycles. The van der Waals surface area contributed by atoms with E-state index in [1.165, 1.54) is 6.20 Å². The van der Waals surface area contributed by atoms with Gasteiger partial charge in [-0.2, -0.15) is 5.10 Å². The third-order valence-corrected chi connectivity index (χ3v) is 1.43. The van der Waals surface area contributed by atoms with Gasteiger partial charge in [0, 0.05) is 18.3 Å². The zero-order valence-corrected chi connectivity index (χ0v) is 6.33. The van der Waals surface area contributed by atoms with Gasteiger partial charge in [-0.25, -0.2) is 4.39 Å². The molecule has 0 aromatic carbocycles. The van der Waals surface area contributed by atoms with Crippen molar-refractivity contribution in [3.05, 3.63) is 18.0 Å². The van der Waals surface area contributed by atoms with E-state index < -0.39 is 6.67 Å². The first-order chi connectivity index (χ1) is 5.36. The molecule has 0 bridgehead atoms. The average molecular weight is 157 g/mol. The van der Waals surface area contributed by atoms with Crippen molar-refractivity contribution in [3.8, 4) is 0 Å². The second-order valence-electron chi connectivity index (χ2n) is 2.39. The van der Waals surface area contributed by atoms with Gasteiger partial charge in [0.25, 0.3) is 0 Å². The molecule has 0 atom stereocenters. The molecule has 4 heteroatoms. The van der Waals surface area contributed by atoms with Crippen molar-refractivity contribution in [2.75, 3.05) is 6.54 Å². The minimum absolute atomic E-state index is 0.442. The van der Waals surface area contributed by atoms with Crippen LogP contribution >= 0.6 is 0 Å². The van der Waals surface area contributed by atoms with Crippen molar-refractivity contribution >= 4 is 0 Å². The van der Waals surface area contributed by atoms with E-state index in [0.717, 1.165) is 13.0 Å². The van der Waals surface area contributed by atoms with Crippen molar-refractivity contribution in [2.45, 2.75) is 19.6 Å². The molecule has 1 aromatic heterocycles. The van der Waals surface area contributed by atoms with Crippen molar-refractivity contribution in [3.63, 3.8) is 0 Å². The molecule has 3 nitrogen and oxygen atoms in total. The van der Waals surface area contributed by atoms with Gasteiger partial charge in [-0.1, -0.05) is 0 Å². The third-order valence-electron chi connectivity index (χ3n) is 1.43. The zero-order valence-electron chi connectivity index (χ0n) is 6.33. The maximum atomic E-state index is 12.0. The van der Waals surface area contributed by atoms with Gasteiger partial charge in [0.1, 0.15) is 6.67 Å². The normalized spacial score (nSPS) is 10.4. The predicted molar refractivity (Wildman–Crippen MR) is 40.7 cm³/mol. The number of halogens is 1. The van der Waals surface area contributed by atoms with E-state index in [1.54, 1.807) is 10.9 Å². The van der Waals surface area contributed by atoms with E-state index in [4.69, 9.17) is 5.73 Å². The van der Waals surface area contributed by atoms with E-state index in [1.807, 2.05) is 0 Å². The number of hydrogen-bond acceptors (Lipinski definition) is 2. The number of alkyl halides is 1. The lowest BCUT2D eigenvalue weighted by Crippen LogP contribution is -2.05. The van der Waals surface area contributed by atoms with Crippen LogP contribution in [0.4, 0.5) is 4.39 Å². The van der Waals surface area contributed by atoms with Gasteiger partial charge in [0.15, 0.2) is 0 Å². The van der Waals surface area contributed by atoms with Gasteiger partial charge in [0.05, 0.1) is 6.20 Å². The van der Waals surface area contributed by atoms with Crippen molar-refractivity contribution < 1.29 is 4.39 Å². The second kappa shape index (κ2) is 4.08. The summed E-state index contributed by atoms with van der Waals surface area (Å²) in [4.78, 5) is 0. The first kappa shape index (κ1) is 8.20. The summed E-state index contributed by atoms with van der Waals surface area (Å²) >= 11 is 0. The summed E-state index contributed by atoms with van der Waals surface area (Å²) in [7, 11) is 0. The Balaban J connectivity index is 2.44. The van der Waals surface area contributed by atoms with Gasteiger partial charge in [-0.05, 0) is 13.0 Å². The Morgan fingerprint density at radius 2 is 2.45 bits per heavy atom. The third kappa shape index (κ3) is 2.31. The smallest absolute Gasteiger partial charge is 0.118 e. The summed E-state index contributed by atoms with van der Waals surface area (Å²) in [5.41, 5.74) is 5.93. The summed E-state index contributed by atoms with van der Waals surface area (Å²) in [6.45, 7) is 0.976. The standard InChI is InChI=1S/C7H12FN3/c8-4-7-5-10-11(6-7)3-1-2-9/h5-6H,1-4,9H2. The monoisotopic (exact) mass is 157 g/mol. The fraction of sp³-hybridized carbons (Fsp3) is 0.571. The molecule has 1 aromatic rings. The first-order valence-electron chi connectivity index (χ1n) is 3.64. The van der Waals surface area contributed by atoms with Crippen LogP contribution in [0.1, 0.15) is 12.0 Å². The van der Waals surface area contributed by atoms with Crippen LogP contribution in [0.15, 0.2) is 12.4 Å². The number of nitrogens with two attached hydrogens (primary N) is 1. The van der Waals surface area contributed by atoms with E-state index in [0.29, 0.717) is 12.1 Å². The van der Waals surface area contributed by atoms with Crippen LogP contribution in [0.5, 0.6) is 0 Å². The lowest BCUT2D eigenvalue weighted by Gasteiger charge is -1.96. The molecule has 0 amide bonds. The van der Waals surface area contributed by atoms with E-state index in [-0.39, 0.29) is 0 Å². The van der Waals surface area contributed by atoms with Gasteiger partial charge in [-0.15, -0.1) is 0 Å². The Hall–Kier alpha value is -0.900. The summed E-state index contributed by atoms with van der Waals surface area (Å²) < 4.78 is 13.7. The summed E-state index contributed by atoms with van der Waals surface area (Å²) in [5, 5.41) is 3.95. The lowest BCUT2D eigenvalue weighted by molar-refractivity contribution is 0.484. The van der Waals surface area contributed by atoms with Gasteiger partial charge in [-0.3, -0.25) is 4.68 Å². The highest BCUT2D eigenvalue weighted by Crippen LogP contribution is 1.99. The van der Waals surface area contributed by atoms with Crippen LogP contribution in [0.3, 0.4) is 0 Å². The number of aryl methyl sites for hydroxylation is 1. The molecular formula is C7H12FN3. The highest BCUT2D eigenvalue weighted by molar-refractivity contribution is 5.01. The summed E-state index contributed by atoms with van der Waals surface area (Å²) in [6.07, 6.45) is 4.12. The molecule has 2 N–H and O–H groups in total. The molecule has 0 unspecified atom stereocenters. The molecule has 11 heavy (non-hydrogen) atoms. The summed E-state index contributed by atoms with van der Waals surface area (Å²) in [5.74, 6) is 0. The zero-order chi connectivity index (χ0) is 8.10. The second-order valence-corrected chi connectivity index (χ2v) is 2.39. The van der Waals surface area contributed by atoms with Crippen LogP contribution in [-0.4, -0.2) is 16.3 Å². The molecule has 62 valence electrons. The lowest BCUT2D eigenvalue weighted by atomic mass is 10.4. The topological polar surface area (TPSA) is 43.8 Å². The highest BCUT2D eigenvalue weighted by atomic mass is 19.1. The van der Waals surface area contributed by atoms with Crippen molar-refractivity contribution in [2.24, 2.45) is 5.73 Å². The van der Waals surface area contributed by atoms with E-state index >= 15 is 0 Å². The molecule has 0 saturated carbocycles. The summed E-state index contributed by atoms with van der Waals surface area (Å²) in [6, 6.07) is 0. The molecule has 0 aliphatic heterocycles. The van der Waals surface area contributed by atoms with E-state index in [2.05, 4.69) is 5.10 Å². The van der Waals surface area contributed by atoms with Gasteiger partial charge in [0.2, 0.25) is 0 Å². The molecule has 1 heterocycles. The SMILES string of the molecule is NCCCn1cc(CF)cn1. The quantitative estimate of drug-likeness (QED) is 0.699. The Bertz CT molecular complexity index is 209. The fourth-order valence-electron chi connectivity index (χ4n) is 0.851. The number of rotatable bonds is 4. The first-order valence-corrected chi connectivity index (χ1v) is 3.64. The molecule has 0 saturated heterocycles. The van der Waals surface area contributed by atoms with Crippen LogP contribution in [0.25, 0.3) is 0 Å². The van der Waals surface area contributed by atoms with Crippen molar-refractivity contribution in [1.29, 1.82) is 0 Å². The van der Waals surface area contributed by atoms with Crippen LogP contribution in [0.2, 0.25) is 0 Å². The minimum atomic E-state index is -0.442. The Morgan fingerprint density at radius 3 is 3.00 bits per heavy atom. The van der Waals surface area contributed by atoms with Crippen LogP contribution in [0, 0.1) is 0 Å². The molecular weight excluding hydrogens is 145 g/mol.